The van der Waals surface area contributed by atoms with E-state index in [1.54, 1.807) is 6.26 Å². The maximum absolute atomic E-state index is 5.27. The second kappa shape index (κ2) is 3.61. The van der Waals surface area contributed by atoms with E-state index in [9.17, 15) is 0 Å². The van der Waals surface area contributed by atoms with Crippen LogP contribution in [-0.2, 0) is 0 Å². The number of halogens is 1. The molecular weight excluding hydrogens is 206 g/mol. The standard InChI is InChI=1S/C8H8BrNO/c1-3-7(10-2)6-4-5-11-8(6)9/h1,4-5,7,10H,2H3. The van der Waals surface area contributed by atoms with Crippen molar-refractivity contribution >= 4 is 15.9 Å². The molecule has 1 atom stereocenters. The zero-order valence-electron chi connectivity index (χ0n) is 6.10. The summed E-state index contributed by atoms with van der Waals surface area (Å²) in [4.78, 5) is 0. The van der Waals surface area contributed by atoms with Gasteiger partial charge in [-0.25, -0.2) is 0 Å². The molecule has 0 aliphatic heterocycles. The third kappa shape index (κ3) is 1.65. The fraction of sp³-hybridized carbons (Fsp3) is 0.250. The molecule has 0 fully saturated rings. The van der Waals surface area contributed by atoms with Gasteiger partial charge in [0, 0.05) is 5.56 Å². The van der Waals surface area contributed by atoms with Crippen LogP contribution < -0.4 is 5.32 Å². The minimum atomic E-state index is -0.0804. The smallest absolute Gasteiger partial charge is 0.174 e. The summed E-state index contributed by atoms with van der Waals surface area (Å²) in [6, 6.07) is 1.76. The van der Waals surface area contributed by atoms with Gasteiger partial charge in [-0.3, -0.25) is 0 Å². The molecule has 0 saturated carbocycles. The molecule has 0 aliphatic carbocycles. The van der Waals surface area contributed by atoms with Crippen LogP contribution >= 0.6 is 15.9 Å². The first-order valence-corrected chi connectivity index (χ1v) is 3.95. The molecule has 1 aromatic rings. The van der Waals surface area contributed by atoms with Crippen molar-refractivity contribution in [2.45, 2.75) is 6.04 Å². The van der Waals surface area contributed by atoms with Gasteiger partial charge in [0.15, 0.2) is 4.67 Å². The molecule has 58 valence electrons. The zero-order chi connectivity index (χ0) is 8.27. The molecule has 0 bridgehead atoms. The quantitative estimate of drug-likeness (QED) is 0.761. The fourth-order valence-corrected chi connectivity index (χ4v) is 1.31. The van der Waals surface area contributed by atoms with E-state index in [0.29, 0.717) is 4.67 Å². The summed E-state index contributed by atoms with van der Waals surface area (Å²) >= 11 is 3.25. The molecule has 0 radical (unpaired) electrons. The molecule has 1 aromatic heterocycles. The van der Waals surface area contributed by atoms with E-state index in [4.69, 9.17) is 10.8 Å². The van der Waals surface area contributed by atoms with Crippen LogP contribution in [0, 0.1) is 12.3 Å². The highest BCUT2D eigenvalue weighted by Crippen LogP contribution is 2.23. The first kappa shape index (κ1) is 8.38. The highest BCUT2D eigenvalue weighted by molar-refractivity contribution is 9.10. The van der Waals surface area contributed by atoms with Crippen LogP contribution in [0.1, 0.15) is 11.6 Å². The predicted octanol–water partition coefficient (Wildman–Crippen LogP) is 1.94. The molecule has 1 rings (SSSR count). The maximum Gasteiger partial charge on any atom is 0.174 e. The Bertz CT molecular complexity index is 274. The van der Waals surface area contributed by atoms with Crippen molar-refractivity contribution in [2.75, 3.05) is 7.05 Å². The van der Waals surface area contributed by atoms with Crippen LogP contribution in [-0.4, -0.2) is 7.05 Å². The average Bonchev–Trinajstić information content (AvgIpc) is 2.40. The van der Waals surface area contributed by atoms with Crippen LogP contribution in [0.5, 0.6) is 0 Å². The number of terminal acetylenes is 1. The van der Waals surface area contributed by atoms with Gasteiger partial charge >= 0.3 is 0 Å². The predicted molar refractivity (Wildman–Crippen MR) is 47.0 cm³/mol. The third-order valence-electron chi connectivity index (χ3n) is 1.41. The summed E-state index contributed by atoms with van der Waals surface area (Å²) in [6.45, 7) is 0. The van der Waals surface area contributed by atoms with Crippen molar-refractivity contribution in [1.82, 2.24) is 5.32 Å². The Balaban J connectivity index is 2.92. The largest absolute Gasteiger partial charge is 0.457 e. The number of hydrogen-bond acceptors (Lipinski definition) is 2. The summed E-state index contributed by atoms with van der Waals surface area (Å²) in [7, 11) is 1.81. The molecule has 2 nitrogen and oxygen atoms in total. The van der Waals surface area contributed by atoms with Gasteiger partial charge < -0.3 is 9.73 Å². The Labute approximate surface area is 74.1 Å². The molecule has 0 saturated heterocycles. The van der Waals surface area contributed by atoms with Crippen molar-refractivity contribution < 1.29 is 4.42 Å². The lowest BCUT2D eigenvalue weighted by Gasteiger charge is -2.05. The Morgan fingerprint density at radius 3 is 2.91 bits per heavy atom. The highest BCUT2D eigenvalue weighted by atomic mass is 79.9. The Kier molecular flexibility index (Phi) is 2.75. The summed E-state index contributed by atoms with van der Waals surface area (Å²) in [6.07, 6.45) is 6.87. The molecule has 1 unspecified atom stereocenters. The van der Waals surface area contributed by atoms with Crippen molar-refractivity contribution in [3.8, 4) is 12.3 Å². The van der Waals surface area contributed by atoms with Crippen molar-refractivity contribution in [2.24, 2.45) is 0 Å². The number of nitrogens with one attached hydrogen (secondary N) is 1. The van der Waals surface area contributed by atoms with Crippen LogP contribution in [0.4, 0.5) is 0 Å². The second-order valence-corrected chi connectivity index (χ2v) is 2.76. The Hall–Kier alpha value is -0.720. The number of furan rings is 1. The number of hydrogen-bond donors (Lipinski definition) is 1. The molecular formula is C8H8BrNO. The molecule has 0 spiro atoms. The molecule has 0 aromatic carbocycles. The first-order valence-electron chi connectivity index (χ1n) is 3.16. The first-order chi connectivity index (χ1) is 5.29. The van der Waals surface area contributed by atoms with E-state index in [2.05, 4.69) is 27.2 Å². The van der Waals surface area contributed by atoms with E-state index >= 15 is 0 Å². The van der Waals surface area contributed by atoms with Gasteiger partial charge in [-0.05, 0) is 29.0 Å². The van der Waals surface area contributed by atoms with E-state index < -0.39 is 0 Å². The minimum Gasteiger partial charge on any atom is -0.457 e. The van der Waals surface area contributed by atoms with Crippen LogP contribution in [0.15, 0.2) is 21.4 Å². The lowest BCUT2D eigenvalue weighted by atomic mass is 10.2. The molecule has 1 heterocycles. The Morgan fingerprint density at radius 1 is 1.82 bits per heavy atom. The summed E-state index contributed by atoms with van der Waals surface area (Å²) in [5, 5.41) is 2.97. The number of rotatable bonds is 2. The Morgan fingerprint density at radius 2 is 2.55 bits per heavy atom. The van der Waals surface area contributed by atoms with Crippen LogP contribution in [0.25, 0.3) is 0 Å². The van der Waals surface area contributed by atoms with E-state index in [1.807, 2.05) is 13.1 Å². The molecule has 0 amide bonds. The van der Waals surface area contributed by atoms with Gasteiger partial charge in [0.1, 0.15) is 0 Å². The van der Waals surface area contributed by atoms with Crippen LogP contribution in [0.3, 0.4) is 0 Å². The third-order valence-corrected chi connectivity index (χ3v) is 2.06. The highest BCUT2D eigenvalue weighted by Gasteiger charge is 2.10. The van der Waals surface area contributed by atoms with Crippen LogP contribution in [0.2, 0.25) is 0 Å². The fourth-order valence-electron chi connectivity index (χ4n) is 0.839. The lowest BCUT2D eigenvalue weighted by Crippen LogP contribution is -2.13. The van der Waals surface area contributed by atoms with Gasteiger partial charge in [0.25, 0.3) is 0 Å². The molecule has 11 heavy (non-hydrogen) atoms. The SMILES string of the molecule is C#CC(NC)c1ccoc1Br. The maximum atomic E-state index is 5.27. The van der Waals surface area contributed by atoms with E-state index in [0.717, 1.165) is 5.56 Å². The topological polar surface area (TPSA) is 25.2 Å². The minimum absolute atomic E-state index is 0.0804. The normalized spacial score (nSPS) is 12.5. The molecule has 1 N–H and O–H groups in total. The lowest BCUT2D eigenvalue weighted by molar-refractivity contribution is 0.532. The zero-order valence-corrected chi connectivity index (χ0v) is 7.68. The van der Waals surface area contributed by atoms with Crippen molar-refractivity contribution in [1.29, 1.82) is 0 Å². The molecule has 3 heteroatoms. The van der Waals surface area contributed by atoms with Gasteiger partial charge in [0.05, 0.1) is 12.3 Å². The van der Waals surface area contributed by atoms with Gasteiger partial charge in [0.2, 0.25) is 0 Å². The van der Waals surface area contributed by atoms with Crippen molar-refractivity contribution in [3.05, 3.63) is 22.6 Å². The summed E-state index contributed by atoms with van der Waals surface area (Å²) < 4.78 is 5.72. The second-order valence-electron chi connectivity index (χ2n) is 2.04. The van der Waals surface area contributed by atoms with Crippen molar-refractivity contribution in [3.63, 3.8) is 0 Å². The monoisotopic (exact) mass is 213 g/mol. The van der Waals surface area contributed by atoms with E-state index in [1.165, 1.54) is 0 Å². The van der Waals surface area contributed by atoms with Gasteiger partial charge in [-0.15, -0.1) is 6.42 Å². The summed E-state index contributed by atoms with van der Waals surface area (Å²) in [5.41, 5.74) is 0.954. The molecule has 0 aliphatic rings. The average molecular weight is 214 g/mol. The summed E-state index contributed by atoms with van der Waals surface area (Å²) in [5.74, 6) is 2.59. The van der Waals surface area contributed by atoms with Gasteiger partial charge in [-0.1, -0.05) is 5.92 Å². The van der Waals surface area contributed by atoms with E-state index in [-0.39, 0.29) is 6.04 Å². The van der Waals surface area contributed by atoms with Gasteiger partial charge in [-0.2, -0.15) is 0 Å².